The molecule has 2 heterocycles. The molecule has 0 radical (unpaired) electrons. The summed E-state index contributed by atoms with van der Waals surface area (Å²) in [6, 6.07) is 9.40. The van der Waals surface area contributed by atoms with E-state index >= 15 is 0 Å². The summed E-state index contributed by atoms with van der Waals surface area (Å²) in [4.78, 5) is 28.4. The van der Waals surface area contributed by atoms with E-state index in [9.17, 15) is 9.59 Å². The van der Waals surface area contributed by atoms with Gasteiger partial charge in [0.05, 0.1) is 12.6 Å². The van der Waals surface area contributed by atoms with E-state index in [1.54, 1.807) is 7.05 Å². The first-order valence-corrected chi connectivity index (χ1v) is 9.18. The van der Waals surface area contributed by atoms with Gasteiger partial charge < -0.3 is 20.7 Å². The van der Waals surface area contributed by atoms with Gasteiger partial charge in [-0.05, 0) is 30.6 Å². The van der Waals surface area contributed by atoms with Crippen LogP contribution in [0.15, 0.2) is 39.9 Å². The number of rotatable bonds is 5. The van der Waals surface area contributed by atoms with Crippen molar-refractivity contribution in [1.82, 2.24) is 14.9 Å². The van der Waals surface area contributed by atoms with Crippen LogP contribution in [0, 0.1) is 0 Å². The van der Waals surface area contributed by atoms with Crippen molar-refractivity contribution >= 4 is 28.8 Å². The summed E-state index contributed by atoms with van der Waals surface area (Å²) >= 11 is 5.38. The standard InChI is InChI=1S/C18H23N5O3S/c1-22(18(27)20-10-13-8-5-9-26-13)14-15(19)23(17(25)21-16(14)24)11-12-6-3-2-4-7-12/h2-4,6-7,13H,5,8-11,19H2,1H3,(H,20,27)(H,21,24,25)/t13-/m1/s1. The number of aromatic amines is 1. The highest BCUT2D eigenvalue weighted by atomic mass is 32.1. The number of nitrogens with one attached hydrogen (secondary N) is 2. The molecule has 1 atom stereocenters. The van der Waals surface area contributed by atoms with Crippen LogP contribution in [0.2, 0.25) is 0 Å². The number of hydrogen-bond donors (Lipinski definition) is 3. The molecule has 2 aromatic rings. The fourth-order valence-electron chi connectivity index (χ4n) is 3.05. The molecule has 1 saturated heterocycles. The third kappa shape index (κ3) is 4.37. The number of benzene rings is 1. The highest BCUT2D eigenvalue weighted by Crippen LogP contribution is 2.17. The van der Waals surface area contributed by atoms with Crippen LogP contribution in [-0.4, -0.2) is 41.0 Å². The zero-order valence-electron chi connectivity index (χ0n) is 15.1. The van der Waals surface area contributed by atoms with Crippen molar-refractivity contribution < 1.29 is 4.74 Å². The molecule has 1 fully saturated rings. The van der Waals surface area contributed by atoms with Crippen LogP contribution in [0.1, 0.15) is 18.4 Å². The summed E-state index contributed by atoms with van der Waals surface area (Å²) in [7, 11) is 1.64. The molecule has 0 bridgehead atoms. The Morgan fingerprint density at radius 3 is 2.81 bits per heavy atom. The lowest BCUT2D eigenvalue weighted by Crippen LogP contribution is -2.45. The lowest BCUT2D eigenvalue weighted by molar-refractivity contribution is 0.114. The lowest BCUT2D eigenvalue weighted by Gasteiger charge is -2.24. The van der Waals surface area contributed by atoms with Gasteiger partial charge >= 0.3 is 5.69 Å². The molecule has 0 aliphatic carbocycles. The number of aromatic nitrogens is 2. The van der Waals surface area contributed by atoms with Crippen molar-refractivity contribution in [3.8, 4) is 0 Å². The number of nitrogen functional groups attached to an aromatic ring is 1. The van der Waals surface area contributed by atoms with Crippen molar-refractivity contribution in [3.05, 3.63) is 56.7 Å². The smallest absolute Gasteiger partial charge is 0.330 e. The molecule has 27 heavy (non-hydrogen) atoms. The Balaban J connectivity index is 1.83. The summed E-state index contributed by atoms with van der Waals surface area (Å²) in [6.45, 7) is 1.57. The van der Waals surface area contributed by atoms with Gasteiger partial charge in [-0.25, -0.2) is 4.79 Å². The third-order valence-electron chi connectivity index (χ3n) is 4.54. The van der Waals surface area contributed by atoms with Crippen molar-refractivity contribution in [2.45, 2.75) is 25.5 Å². The molecule has 0 amide bonds. The maximum Gasteiger partial charge on any atom is 0.330 e. The molecule has 8 nitrogen and oxygen atoms in total. The third-order valence-corrected chi connectivity index (χ3v) is 4.96. The fourth-order valence-corrected chi connectivity index (χ4v) is 3.23. The average Bonchev–Trinajstić information content (AvgIpc) is 3.17. The first-order valence-electron chi connectivity index (χ1n) is 8.77. The van der Waals surface area contributed by atoms with E-state index in [-0.39, 0.29) is 24.2 Å². The Kier molecular flexibility index (Phi) is 5.92. The zero-order valence-corrected chi connectivity index (χ0v) is 15.9. The Morgan fingerprint density at radius 2 is 2.15 bits per heavy atom. The SMILES string of the molecule is CN(C(=S)NC[C@H]1CCCO1)c1c(N)n(Cc2ccccc2)c(=O)[nH]c1=O. The van der Waals surface area contributed by atoms with Gasteiger partial charge in [-0.3, -0.25) is 14.3 Å². The Bertz CT molecular complexity index is 919. The highest BCUT2D eigenvalue weighted by molar-refractivity contribution is 7.80. The minimum Gasteiger partial charge on any atom is -0.383 e. The second kappa shape index (κ2) is 8.36. The van der Waals surface area contributed by atoms with Crippen molar-refractivity contribution in [2.75, 3.05) is 30.8 Å². The largest absolute Gasteiger partial charge is 0.383 e. The van der Waals surface area contributed by atoms with E-state index in [0.29, 0.717) is 11.7 Å². The maximum atomic E-state index is 12.4. The molecular weight excluding hydrogens is 366 g/mol. The first kappa shape index (κ1) is 19.1. The molecule has 9 heteroatoms. The van der Waals surface area contributed by atoms with Crippen LogP contribution < -0.4 is 27.2 Å². The van der Waals surface area contributed by atoms with Gasteiger partial charge in [0, 0.05) is 20.2 Å². The van der Waals surface area contributed by atoms with E-state index in [4.69, 9.17) is 22.7 Å². The minimum atomic E-state index is -0.578. The Labute approximate surface area is 161 Å². The topological polar surface area (TPSA) is 105 Å². The van der Waals surface area contributed by atoms with Crippen LogP contribution >= 0.6 is 12.2 Å². The zero-order chi connectivity index (χ0) is 19.4. The van der Waals surface area contributed by atoms with Gasteiger partial charge in [0.1, 0.15) is 11.5 Å². The predicted molar refractivity (Wildman–Crippen MR) is 109 cm³/mol. The number of anilines is 2. The van der Waals surface area contributed by atoms with Gasteiger partial charge in [0.25, 0.3) is 5.56 Å². The molecule has 144 valence electrons. The first-order chi connectivity index (χ1) is 13.0. The van der Waals surface area contributed by atoms with Gasteiger partial charge in [-0.1, -0.05) is 30.3 Å². The van der Waals surface area contributed by atoms with Crippen LogP contribution in [0.25, 0.3) is 0 Å². The van der Waals surface area contributed by atoms with E-state index in [0.717, 1.165) is 25.0 Å². The average molecular weight is 389 g/mol. The molecule has 4 N–H and O–H groups in total. The normalized spacial score (nSPS) is 16.3. The summed E-state index contributed by atoms with van der Waals surface area (Å²) in [5.41, 5.74) is 6.07. The van der Waals surface area contributed by atoms with Gasteiger partial charge in [0.2, 0.25) is 0 Å². The summed E-state index contributed by atoms with van der Waals surface area (Å²) in [5, 5.41) is 3.44. The van der Waals surface area contributed by atoms with Crippen molar-refractivity contribution in [2.24, 2.45) is 0 Å². The van der Waals surface area contributed by atoms with Crippen LogP contribution in [0.4, 0.5) is 11.5 Å². The Morgan fingerprint density at radius 1 is 1.41 bits per heavy atom. The minimum absolute atomic E-state index is 0.0661. The fraction of sp³-hybridized carbons (Fsp3) is 0.389. The molecule has 0 spiro atoms. The number of thiocarbonyl (C=S) groups is 1. The summed E-state index contributed by atoms with van der Waals surface area (Å²) in [5.74, 6) is 0.0661. The van der Waals surface area contributed by atoms with Crippen molar-refractivity contribution in [3.63, 3.8) is 0 Å². The molecule has 1 aromatic heterocycles. The van der Waals surface area contributed by atoms with Gasteiger partial charge in [0.15, 0.2) is 5.11 Å². The second-order valence-corrected chi connectivity index (χ2v) is 6.83. The molecule has 3 rings (SSSR count). The molecule has 1 aromatic carbocycles. The monoisotopic (exact) mass is 389 g/mol. The lowest BCUT2D eigenvalue weighted by atomic mass is 10.2. The number of nitrogens with two attached hydrogens (primary N) is 1. The van der Waals surface area contributed by atoms with E-state index in [1.807, 2.05) is 30.3 Å². The number of ether oxygens (including phenoxy) is 1. The molecule has 1 aliphatic rings. The molecule has 1 aliphatic heterocycles. The molecular formula is C18H23N5O3S. The van der Waals surface area contributed by atoms with Crippen LogP contribution in [0.5, 0.6) is 0 Å². The van der Waals surface area contributed by atoms with Crippen LogP contribution in [0.3, 0.4) is 0 Å². The van der Waals surface area contributed by atoms with Crippen molar-refractivity contribution in [1.29, 1.82) is 0 Å². The van der Waals surface area contributed by atoms with E-state index < -0.39 is 11.2 Å². The second-order valence-electron chi connectivity index (χ2n) is 6.44. The maximum absolute atomic E-state index is 12.4. The Hall–Kier alpha value is -2.65. The molecule has 0 saturated carbocycles. The summed E-state index contributed by atoms with van der Waals surface area (Å²) < 4.78 is 6.88. The van der Waals surface area contributed by atoms with Gasteiger partial charge in [-0.2, -0.15) is 0 Å². The summed E-state index contributed by atoms with van der Waals surface area (Å²) in [6.07, 6.45) is 2.12. The predicted octanol–water partition coefficient (Wildman–Crippen LogP) is 0.657. The number of H-pyrrole nitrogens is 1. The van der Waals surface area contributed by atoms with Gasteiger partial charge in [-0.15, -0.1) is 0 Å². The quantitative estimate of drug-likeness (QED) is 0.645. The van der Waals surface area contributed by atoms with E-state index in [2.05, 4.69) is 10.3 Å². The number of nitrogens with zero attached hydrogens (tertiary/aromatic N) is 2. The van der Waals surface area contributed by atoms with E-state index in [1.165, 1.54) is 9.47 Å². The number of hydrogen-bond acceptors (Lipinski definition) is 5. The highest BCUT2D eigenvalue weighted by Gasteiger charge is 2.21. The van der Waals surface area contributed by atoms with Crippen LogP contribution in [-0.2, 0) is 11.3 Å². The molecule has 0 unspecified atom stereocenters.